The highest BCUT2D eigenvalue weighted by atomic mass is 16.1. The van der Waals surface area contributed by atoms with Crippen LogP contribution >= 0.6 is 0 Å². The molecule has 1 aliphatic carbocycles. The van der Waals surface area contributed by atoms with E-state index in [1.54, 1.807) is 6.92 Å². The van der Waals surface area contributed by atoms with Gasteiger partial charge in [0.2, 0.25) is 0 Å². The highest BCUT2D eigenvalue weighted by Crippen LogP contribution is 2.39. The van der Waals surface area contributed by atoms with Crippen LogP contribution in [0.4, 0.5) is 5.82 Å². The highest BCUT2D eigenvalue weighted by molar-refractivity contribution is 5.99. The number of nitrogens with two attached hydrogens (primary N) is 1. The van der Waals surface area contributed by atoms with Gasteiger partial charge < -0.3 is 11.1 Å². The summed E-state index contributed by atoms with van der Waals surface area (Å²) in [6.07, 6.45) is 2.38. The number of aryl methyl sites for hydroxylation is 1. The van der Waals surface area contributed by atoms with Crippen LogP contribution in [-0.2, 0) is 0 Å². The molecular formula is C11H18N4O. The van der Waals surface area contributed by atoms with Crippen LogP contribution < -0.4 is 11.1 Å². The molecule has 1 aliphatic rings. The molecule has 2 rings (SSSR count). The molecule has 5 heteroatoms. The Bertz CT molecular complexity index is 398. The number of amides is 1. The van der Waals surface area contributed by atoms with Crippen molar-refractivity contribution >= 4 is 11.7 Å². The number of rotatable bonds is 3. The van der Waals surface area contributed by atoms with E-state index in [-0.39, 0.29) is 17.3 Å². The summed E-state index contributed by atoms with van der Waals surface area (Å²) in [5, 5.41) is 9.56. The largest absolute Gasteiger partial charge is 0.382 e. The van der Waals surface area contributed by atoms with Crippen molar-refractivity contribution in [2.45, 2.75) is 39.2 Å². The summed E-state index contributed by atoms with van der Waals surface area (Å²) in [7, 11) is 0. The van der Waals surface area contributed by atoms with Gasteiger partial charge in [0.15, 0.2) is 5.82 Å². The van der Waals surface area contributed by atoms with Crippen LogP contribution in [0.5, 0.6) is 0 Å². The Labute approximate surface area is 94.8 Å². The first kappa shape index (κ1) is 11.0. The molecule has 1 aromatic heterocycles. The average Bonchev–Trinajstić information content (AvgIpc) is 2.93. The smallest absolute Gasteiger partial charge is 0.257 e. The summed E-state index contributed by atoms with van der Waals surface area (Å²) in [6, 6.07) is 0. The molecule has 0 atom stereocenters. The Morgan fingerprint density at radius 1 is 1.56 bits per heavy atom. The van der Waals surface area contributed by atoms with Crippen LogP contribution in [0.15, 0.2) is 0 Å². The molecule has 1 aromatic rings. The fourth-order valence-corrected chi connectivity index (χ4v) is 2.00. The van der Waals surface area contributed by atoms with E-state index in [9.17, 15) is 4.79 Å². The number of hydrogen-bond acceptors (Lipinski definition) is 3. The summed E-state index contributed by atoms with van der Waals surface area (Å²) in [6.45, 7) is 5.89. The lowest BCUT2D eigenvalue weighted by Crippen LogP contribution is -2.45. The van der Waals surface area contributed by atoms with Crippen molar-refractivity contribution < 1.29 is 4.79 Å². The van der Waals surface area contributed by atoms with Gasteiger partial charge in [-0.05, 0) is 39.5 Å². The molecule has 0 aromatic carbocycles. The fourth-order valence-electron chi connectivity index (χ4n) is 2.00. The minimum absolute atomic E-state index is 0.138. The topological polar surface area (TPSA) is 83.8 Å². The summed E-state index contributed by atoms with van der Waals surface area (Å²) < 4.78 is 0. The van der Waals surface area contributed by atoms with E-state index in [1.807, 2.05) is 13.8 Å². The van der Waals surface area contributed by atoms with Gasteiger partial charge >= 0.3 is 0 Å². The number of carbonyl (C=O) groups excluding carboxylic acids is 1. The zero-order valence-corrected chi connectivity index (χ0v) is 9.92. The van der Waals surface area contributed by atoms with E-state index in [0.717, 1.165) is 0 Å². The number of nitrogens with zero attached hydrogens (tertiary/aromatic N) is 1. The van der Waals surface area contributed by atoms with Gasteiger partial charge in [0.1, 0.15) is 5.56 Å². The van der Waals surface area contributed by atoms with E-state index in [1.165, 1.54) is 12.8 Å². The van der Waals surface area contributed by atoms with Gasteiger partial charge in [-0.15, -0.1) is 0 Å². The SMILES string of the molecule is Cc1[nH]nc(N)c1C(=O)NC(C)(C)C1CC1. The minimum Gasteiger partial charge on any atom is -0.382 e. The fraction of sp³-hybridized carbons (Fsp3) is 0.636. The Hall–Kier alpha value is -1.52. The number of nitrogen functional groups attached to an aromatic ring is 1. The number of H-pyrrole nitrogens is 1. The molecule has 0 aliphatic heterocycles. The molecule has 0 unspecified atom stereocenters. The summed E-state index contributed by atoms with van der Waals surface area (Å²) in [4.78, 5) is 12.0. The molecule has 5 nitrogen and oxygen atoms in total. The van der Waals surface area contributed by atoms with Crippen LogP contribution in [0.1, 0.15) is 42.7 Å². The van der Waals surface area contributed by atoms with E-state index >= 15 is 0 Å². The summed E-state index contributed by atoms with van der Waals surface area (Å²) >= 11 is 0. The van der Waals surface area contributed by atoms with Crippen LogP contribution in [0.3, 0.4) is 0 Å². The van der Waals surface area contributed by atoms with Crippen LogP contribution in [-0.4, -0.2) is 21.6 Å². The third kappa shape index (κ3) is 1.89. The molecule has 0 radical (unpaired) electrons. The molecule has 1 fully saturated rings. The summed E-state index contributed by atoms with van der Waals surface area (Å²) in [5.41, 5.74) is 6.67. The number of nitrogens with one attached hydrogen (secondary N) is 2. The second kappa shape index (κ2) is 3.50. The normalized spacial score (nSPS) is 16.2. The highest BCUT2D eigenvalue weighted by Gasteiger charge is 2.39. The zero-order chi connectivity index (χ0) is 11.9. The first-order valence-electron chi connectivity index (χ1n) is 5.55. The lowest BCUT2D eigenvalue weighted by molar-refractivity contribution is 0.0903. The molecule has 1 amide bonds. The van der Waals surface area contributed by atoms with Crippen LogP contribution in [0, 0.1) is 12.8 Å². The Morgan fingerprint density at radius 2 is 2.19 bits per heavy atom. The molecule has 88 valence electrons. The van der Waals surface area contributed by atoms with Crippen molar-refractivity contribution in [2.75, 3.05) is 5.73 Å². The van der Waals surface area contributed by atoms with Gasteiger partial charge in [-0.3, -0.25) is 9.89 Å². The minimum atomic E-state index is -0.159. The van der Waals surface area contributed by atoms with Crippen LogP contribution in [0.2, 0.25) is 0 Å². The second-order valence-corrected chi connectivity index (χ2v) is 5.06. The van der Waals surface area contributed by atoms with Crippen molar-refractivity contribution in [3.63, 3.8) is 0 Å². The monoisotopic (exact) mass is 222 g/mol. The van der Waals surface area contributed by atoms with Crippen LogP contribution in [0.25, 0.3) is 0 Å². The molecular weight excluding hydrogens is 204 g/mol. The van der Waals surface area contributed by atoms with Gasteiger partial charge in [-0.2, -0.15) is 5.10 Å². The van der Waals surface area contributed by atoms with Crippen molar-refractivity contribution in [1.82, 2.24) is 15.5 Å². The van der Waals surface area contributed by atoms with E-state index in [2.05, 4.69) is 15.5 Å². The zero-order valence-electron chi connectivity index (χ0n) is 9.92. The Morgan fingerprint density at radius 3 is 2.62 bits per heavy atom. The van der Waals surface area contributed by atoms with Crippen molar-refractivity contribution in [2.24, 2.45) is 5.92 Å². The molecule has 16 heavy (non-hydrogen) atoms. The summed E-state index contributed by atoms with van der Waals surface area (Å²) in [5.74, 6) is 0.715. The predicted octanol–water partition coefficient (Wildman–Crippen LogP) is 1.22. The van der Waals surface area contributed by atoms with Gasteiger partial charge in [-0.1, -0.05) is 0 Å². The molecule has 1 saturated carbocycles. The third-order valence-electron chi connectivity index (χ3n) is 3.24. The third-order valence-corrected chi connectivity index (χ3v) is 3.24. The van der Waals surface area contributed by atoms with E-state index in [4.69, 9.17) is 5.73 Å². The average molecular weight is 222 g/mol. The number of aromatic amines is 1. The Kier molecular flexibility index (Phi) is 2.40. The van der Waals surface area contributed by atoms with E-state index in [0.29, 0.717) is 17.2 Å². The Balaban J connectivity index is 2.14. The lowest BCUT2D eigenvalue weighted by Gasteiger charge is -2.26. The predicted molar refractivity (Wildman–Crippen MR) is 62.0 cm³/mol. The molecule has 0 saturated heterocycles. The number of anilines is 1. The van der Waals surface area contributed by atoms with Crippen molar-refractivity contribution in [3.05, 3.63) is 11.3 Å². The molecule has 0 spiro atoms. The maximum atomic E-state index is 12.0. The van der Waals surface area contributed by atoms with Crippen molar-refractivity contribution in [3.8, 4) is 0 Å². The van der Waals surface area contributed by atoms with Gasteiger partial charge in [-0.25, -0.2) is 0 Å². The quantitative estimate of drug-likeness (QED) is 0.719. The maximum Gasteiger partial charge on any atom is 0.257 e. The van der Waals surface area contributed by atoms with Gasteiger partial charge in [0.25, 0.3) is 5.91 Å². The van der Waals surface area contributed by atoms with E-state index < -0.39 is 0 Å². The molecule has 1 heterocycles. The lowest BCUT2D eigenvalue weighted by atomic mass is 9.98. The second-order valence-electron chi connectivity index (χ2n) is 5.06. The number of hydrogen-bond donors (Lipinski definition) is 3. The first-order chi connectivity index (χ1) is 7.42. The standard InChI is InChI=1S/C11H18N4O/c1-6-8(9(12)15-14-6)10(16)13-11(2,3)7-4-5-7/h7H,4-5H2,1-3H3,(H,13,16)(H3,12,14,15). The number of aromatic nitrogens is 2. The van der Waals surface area contributed by atoms with Gasteiger partial charge in [0, 0.05) is 11.2 Å². The first-order valence-corrected chi connectivity index (χ1v) is 5.55. The van der Waals surface area contributed by atoms with Crippen molar-refractivity contribution in [1.29, 1.82) is 0 Å². The van der Waals surface area contributed by atoms with Gasteiger partial charge in [0.05, 0.1) is 0 Å². The number of carbonyl (C=O) groups is 1. The molecule has 0 bridgehead atoms. The maximum absolute atomic E-state index is 12.0. The molecule has 4 N–H and O–H groups in total.